The summed E-state index contributed by atoms with van der Waals surface area (Å²) in [5, 5.41) is 6.09. The van der Waals surface area contributed by atoms with Crippen molar-refractivity contribution in [2.75, 3.05) is 18.4 Å². The van der Waals surface area contributed by atoms with Crippen LogP contribution in [0.4, 0.5) is 24.8 Å². The van der Waals surface area contributed by atoms with Crippen molar-refractivity contribution in [2.45, 2.75) is 44.3 Å². The first kappa shape index (κ1) is 20.5. The minimum Gasteiger partial charge on any atom is -0.326 e. The number of nitrogens with one attached hydrogen (secondary N) is 2. The Morgan fingerprint density at radius 1 is 1.13 bits per heavy atom. The van der Waals surface area contributed by atoms with Gasteiger partial charge in [0.25, 0.3) is 0 Å². The third-order valence-electron chi connectivity index (χ3n) is 5.85. The minimum absolute atomic E-state index is 0.145. The predicted molar refractivity (Wildman–Crippen MR) is 113 cm³/mol. The van der Waals surface area contributed by atoms with E-state index in [0.29, 0.717) is 17.4 Å². The Kier molecular flexibility index (Phi) is 5.26. The van der Waals surface area contributed by atoms with Gasteiger partial charge in [0.1, 0.15) is 11.3 Å². The highest BCUT2D eigenvalue weighted by atomic mass is 35.5. The van der Waals surface area contributed by atoms with E-state index in [1.807, 2.05) is 4.57 Å². The Balaban J connectivity index is 1.55. The van der Waals surface area contributed by atoms with Gasteiger partial charge in [-0.1, -0.05) is 11.6 Å². The van der Waals surface area contributed by atoms with Crippen molar-refractivity contribution in [2.24, 2.45) is 5.92 Å². The number of halogens is 4. The highest BCUT2D eigenvalue weighted by Crippen LogP contribution is 2.38. The summed E-state index contributed by atoms with van der Waals surface area (Å²) in [6.45, 7) is 1.73. The molecule has 1 aliphatic carbocycles. The van der Waals surface area contributed by atoms with Crippen molar-refractivity contribution in [3.8, 4) is 0 Å². The molecule has 0 bridgehead atoms. The lowest BCUT2D eigenvalue weighted by Gasteiger charge is -2.26. The number of hydrogen-bond acceptors (Lipinski definition) is 5. The van der Waals surface area contributed by atoms with E-state index in [1.165, 1.54) is 25.0 Å². The minimum atomic E-state index is -4.53. The second-order valence-corrected chi connectivity index (χ2v) is 8.65. The number of fused-ring (bicyclic) bond motifs is 1. The molecule has 2 aliphatic rings. The molecule has 164 valence electrons. The maximum absolute atomic E-state index is 13.3. The fraction of sp³-hybridized carbons (Fsp3) is 0.476. The second-order valence-electron chi connectivity index (χ2n) is 8.25. The molecule has 2 aromatic heterocycles. The summed E-state index contributed by atoms with van der Waals surface area (Å²) < 4.78 is 41.9. The van der Waals surface area contributed by atoms with Crippen molar-refractivity contribution in [1.29, 1.82) is 0 Å². The first-order valence-corrected chi connectivity index (χ1v) is 10.8. The molecular weight excluding hydrogens is 429 g/mol. The Labute approximate surface area is 182 Å². The molecule has 0 atom stereocenters. The lowest BCUT2D eigenvalue weighted by molar-refractivity contribution is -0.137. The lowest BCUT2D eigenvalue weighted by atomic mass is 10.1. The van der Waals surface area contributed by atoms with Gasteiger partial charge < -0.3 is 10.6 Å². The number of aromatic nitrogens is 4. The van der Waals surface area contributed by atoms with Gasteiger partial charge in [0, 0.05) is 18.2 Å². The molecule has 0 spiro atoms. The SMILES string of the molecule is FC(F)(F)c1cc(Nc2nc3cnc(CC4CC4)nc3n2C2CCNCC2)ccc1Cl. The van der Waals surface area contributed by atoms with Crippen LogP contribution in [0.3, 0.4) is 0 Å². The van der Waals surface area contributed by atoms with Crippen molar-refractivity contribution in [1.82, 2.24) is 24.8 Å². The molecule has 10 heteroatoms. The number of benzene rings is 1. The predicted octanol–water partition coefficient (Wildman–Crippen LogP) is 5.12. The van der Waals surface area contributed by atoms with Crippen LogP contribution in [0.2, 0.25) is 5.02 Å². The normalized spacial score (nSPS) is 17.9. The van der Waals surface area contributed by atoms with E-state index in [1.54, 1.807) is 6.20 Å². The molecule has 31 heavy (non-hydrogen) atoms. The maximum atomic E-state index is 13.3. The number of rotatable bonds is 5. The number of piperidine rings is 1. The molecule has 0 radical (unpaired) electrons. The molecule has 3 aromatic rings. The van der Waals surface area contributed by atoms with Crippen LogP contribution in [-0.2, 0) is 12.6 Å². The third-order valence-corrected chi connectivity index (χ3v) is 6.18. The standard InChI is InChI=1S/C21H22ClF3N6/c22-16-4-3-13(10-15(16)21(23,24)25)28-20-29-17-11-27-18(9-12-1-2-12)30-19(17)31(20)14-5-7-26-8-6-14/h3-4,10-12,14,26H,1-2,5-9H2,(H,28,29). The summed E-state index contributed by atoms with van der Waals surface area (Å²) in [6.07, 6.45) is 2.22. The first-order valence-electron chi connectivity index (χ1n) is 10.5. The van der Waals surface area contributed by atoms with Crippen LogP contribution in [0.1, 0.15) is 43.1 Å². The van der Waals surface area contributed by atoms with Gasteiger partial charge in [0.15, 0.2) is 5.65 Å². The molecule has 1 aliphatic heterocycles. The van der Waals surface area contributed by atoms with E-state index in [0.717, 1.165) is 49.9 Å². The Morgan fingerprint density at radius 2 is 1.90 bits per heavy atom. The van der Waals surface area contributed by atoms with Gasteiger partial charge in [0.05, 0.1) is 16.8 Å². The number of anilines is 2. The summed E-state index contributed by atoms with van der Waals surface area (Å²) in [5.74, 6) is 1.91. The van der Waals surface area contributed by atoms with Crippen LogP contribution in [0.25, 0.3) is 11.2 Å². The van der Waals surface area contributed by atoms with E-state index < -0.39 is 11.7 Å². The van der Waals surface area contributed by atoms with Crippen LogP contribution >= 0.6 is 11.6 Å². The fourth-order valence-corrected chi connectivity index (χ4v) is 4.28. The van der Waals surface area contributed by atoms with Crippen molar-refractivity contribution < 1.29 is 13.2 Å². The highest BCUT2D eigenvalue weighted by Gasteiger charge is 2.33. The van der Waals surface area contributed by atoms with Crippen LogP contribution in [-0.4, -0.2) is 32.6 Å². The van der Waals surface area contributed by atoms with Crippen molar-refractivity contribution in [3.05, 3.63) is 40.8 Å². The number of alkyl halides is 3. The molecule has 6 nitrogen and oxygen atoms in total. The van der Waals surface area contributed by atoms with Crippen LogP contribution < -0.4 is 10.6 Å². The zero-order valence-electron chi connectivity index (χ0n) is 16.7. The third kappa shape index (κ3) is 4.34. The fourth-order valence-electron chi connectivity index (χ4n) is 4.05. The largest absolute Gasteiger partial charge is 0.417 e. The zero-order valence-corrected chi connectivity index (χ0v) is 17.5. The van der Waals surface area contributed by atoms with Gasteiger partial charge in [-0.3, -0.25) is 4.57 Å². The van der Waals surface area contributed by atoms with E-state index in [4.69, 9.17) is 16.6 Å². The summed E-state index contributed by atoms with van der Waals surface area (Å²) in [4.78, 5) is 13.9. The summed E-state index contributed by atoms with van der Waals surface area (Å²) in [7, 11) is 0. The summed E-state index contributed by atoms with van der Waals surface area (Å²) in [5.41, 5.74) is 0.749. The number of imidazole rings is 1. The van der Waals surface area contributed by atoms with Gasteiger partial charge >= 0.3 is 6.18 Å². The topological polar surface area (TPSA) is 67.7 Å². The molecule has 1 saturated carbocycles. The van der Waals surface area contributed by atoms with E-state index >= 15 is 0 Å². The van der Waals surface area contributed by atoms with Gasteiger partial charge in [-0.25, -0.2) is 15.0 Å². The molecule has 2 fully saturated rings. The van der Waals surface area contributed by atoms with Crippen LogP contribution in [0.15, 0.2) is 24.4 Å². The summed E-state index contributed by atoms with van der Waals surface area (Å²) >= 11 is 5.77. The van der Waals surface area contributed by atoms with E-state index in [2.05, 4.69) is 20.6 Å². The lowest BCUT2D eigenvalue weighted by Crippen LogP contribution is -2.30. The summed E-state index contributed by atoms with van der Waals surface area (Å²) in [6, 6.07) is 3.93. The van der Waals surface area contributed by atoms with Crippen LogP contribution in [0, 0.1) is 5.92 Å². The molecule has 0 amide bonds. The Morgan fingerprint density at radius 3 is 2.61 bits per heavy atom. The second kappa shape index (κ2) is 7.94. The van der Waals surface area contributed by atoms with Crippen LogP contribution in [0.5, 0.6) is 0 Å². The van der Waals surface area contributed by atoms with Gasteiger partial charge in [-0.15, -0.1) is 0 Å². The zero-order chi connectivity index (χ0) is 21.6. The van der Waals surface area contributed by atoms with Gasteiger partial charge in [-0.2, -0.15) is 13.2 Å². The smallest absolute Gasteiger partial charge is 0.326 e. The molecule has 1 aromatic carbocycles. The van der Waals surface area contributed by atoms with Crippen molar-refractivity contribution in [3.63, 3.8) is 0 Å². The molecule has 0 unspecified atom stereocenters. The van der Waals surface area contributed by atoms with Crippen molar-refractivity contribution >= 4 is 34.4 Å². The molecule has 3 heterocycles. The monoisotopic (exact) mass is 450 g/mol. The van der Waals surface area contributed by atoms with Gasteiger partial charge in [-0.05, 0) is 62.9 Å². The number of nitrogens with zero attached hydrogens (tertiary/aromatic N) is 4. The van der Waals surface area contributed by atoms with E-state index in [9.17, 15) is 13.2 Å². The average Bonchev–Trinajstić information content (AvgIpc) is 3.48. The number of hydrogen-bond donors (Lipinski definition) is 2. The Hall–Kier alpha value is -2.39. The first-order chi connectivity index (χ1) is 14.9. The quantitative estimate of drug-likeness (QED) is 0.564. The molecule has 1 saturated heterocycles. The molecular formula is C21H22ClF3N6. The maximum Gasteiger partial charge on any atom is 0.417 e. The molecule has 5 rings (SSSR count). The van der Waals surface area contributed by atoms with E-state index in [-0.39, 0.29) is 16.8 Å². The Bertz CT molecular complexity index is 1100. The van der Waals surface area contributed by atoms with Gasteiger partial charge in [0.2, 0.25) is 5.95 Å². The molecule has 2 N–H and O–H groups in total. The average molecular weight is 451 g/mol. The highest BCUT2D eigenvalue weighted by molar-refractivity contribution is 6.31.